The molecule has 0 spiro atoms. The van der Waals surface area contributed by atoms with E-state index in [0.29, 0.717) is 33.4 Å². The number of rotatable bonds is 2. The molecule has 4 fully saturated rings. The molecule has 2 nitrogen and oxygen atoms in total. The lowest BCUT2D eigenvalue weighted by atomic mass is 10.1. The predicted octanol–water partition coefficient (Wildman–Crippen LogP) is 2.80. The molecule has 4 aliphatic rings. The summed E-state index contributed by atoms with van der Waals surface area (Å²) in [6.07, 6.45) is 1.11. The molecule has 18 heavy (non-hydrogen) atoms. The first-order valence-electron chi connectivity index (χ1n) is 6.46. The van der Waals surface area contributed by atoms with Crippen LogP contribution in [0, 0.1) is 30.6 Å². The van der Waals surface area contributed by atoms with Crippen LogP contribution in [0.15, 0.2) is 29.2 Å². The Morgan fingerprint density at radius 3 is 2.22 bits per heavy atom. The molecule has 0 aliphatic heterocycles. The lowest BCUT2D eigenvalue weighted by molar-refractivity contribution is 0.547. The van der Waals surface area contributed by atoms with Crippen molar-refractivity contribution in [3.63, 3.8) is 0 Å². The van der Waals surface area contributed by atoms with Crippen LogP contribution in [-0.4, -0.2) is 18.5 Å². The Morgan fingerprint density at radius 1 is 1.11 bits per heavy atom. The lowest BCUT2D eigenvalue weighted by Crippen LogP contribution is -2.27. The smallest absolute Gasteiger partial charge is 0.181 e. The quantitative estimate of drug-likeness (QED) is 0.783. The van der Waals surface area contributed by atoms with Crippen LogP contribution in [0.4, 0.5) is 0 Å². The Morgan fingerprint density at radius 2 is 1.78 bits per heavy atom. The number of halogens is 1. The molecule has 4 saturated carbocycles. The molecule has 1 aromatic rings. The van der Waals surface area contributed by atoms with Crippen LogP contribution in [0.25, 0.3) is 0 Å². The minimum atomic E-state index is -3.13. The average molecular weight is 327 g/mol. The maximum Gasteiger partial charge on any atom is 0.181 e. The zero-order valence-corrected chi connectivity index (χ0v) is 12.5. The van der Waals surface area contributed by atoms with Gasteiger partial charge in [-0.3, -0.25) is 0 Å². The Bertz CT molecular complexity index is 607. The van der Waals surface area contributed by atoms with Gasteiger partial charge in [-0.25, -0.2) is 8.42 Å². The highest BCUT2D eigenvalue weighted by Gasteiger charge is 2.75. The van der Waals surface area contributed by atoms with Gasteiger partial charge in [-0.1, -0.05) is 33.6 Å². The molecule has 5 rings (SSSR count). The van der Waals surface area contributed by atoms with Crippen molar-refractivity contribution in [3.05, 3.63) is 29.8 Å². The van der Waals surface area contributed by atoms with Gasteiger partial charge in [0.1, 0.15) is 0 Å². The summed E-state index contributed by atoms with van der Waals surface area (Å²) in [4.78, 5) is 0.953. The second-order valence-corrected chi connectivity index (χ2v) is 9.15. The highest BCUT2D eigenvalue weighted by molar-refractivity contribution is 9.09. The molecule has 0 radical (unpaired) electrons. The fourth-order valence-corrected chi connectivity index (χ4v) is 8.16. The summed E-state index contributed by atoms with van der Waals surface area (Å²) in [7, 11) is -3.13. The van der Waals surface area contributed by atoms with Gasteiger partial charge < -0.3 is 0 Å². The van der Waals surface area contributed by atoms with E-state index < -0.39 is 9.84 Å². The molecule has 4 heteroatoms. The monoisotopic (exact) mass is 326 g/mol. The van der Waals surface area contributed by atoms with E-state index in [2.05, 4.69) is 15.9 Å². The van der Waals surface area contributed by atoms with Gasteiger partial charge in [0.2, 0.25) is 0 Å². The largest absolute Gasteiger partial charge is 0.223 e. The summed E-state index contributed by atoms with van der Waals surface area (Å²) in [5.41, 5.74) is 1.10. The van der Waals surface area contributed by atoms with E-state index in [1.165, 1.54) is 0 Å². The molecule has 4 aliphatic carbocycles. The van der Waals surface area contributed by atoms with Crippen molar-refractivity contribution < 1.29 is 8.42 Å². The van der Waals surface area contributed by atoms with Crippen molar-refractivity contribution in [3.8, 4) is 0 Å². The van der Waals surface area contributed by atoms with Crippen LogP contribution >= 0.6 is 15.9 Å². The first-order chi connectivity index (χ1) is 8.51. The summed E-state index contributed by atoms with van der Waals surface area (Å²) in [6.45, 7) is 1.98. The van der Waals surface area contributed by atoms with E-state index in [-0.39, 0.29) is 5.25 Å². The summed E-state index contributed by atoms with van der Waals surface area (Å²) < 4.78 is 25.5. The van der Waals surface area contributed by atoms with Crippen molar-refractivity contribution in [2.24, 2.45) is 23.7 Å². The van der Waals surface area contributed by atoms with Crippen LogP contribution in [0.1, 0.15) is 12.0 Å². The van der Waals surface area contributed by atoms with E-state index in [4.69, 9.17) is 0 Å². The third kappa shape index (κ3) is 1.26. The van der Waals surface area contributed by atoms with Gasteiger partial charge in [-0.2, -0.15) is 0 Å². The second-order valence-electron chi connectivity index (χ2n) is 5.99. The second kappa shape index (κ2) is 3.40. The van der Waals surface area contributed by atoms with Gasteiger partial charge in [-0.05, 0) is 49.1 Å². The third-order valence-corrected chi connectivity index (χ3v) is 8.72. The summed E-state index contributed by atoms with van der Waals surface area (Å²) in [6, 6.07) is 7.31. The van der Waals surface area contributed by atoms with Crippen LogP contribution in [0.5, 0.6) is 0 Å². The topological polar surface area (TPSA) is 34.1 Å². The molecule has 2 unspecified atom stereocenters. The molecule has 1 aromatic carbocycles. The Kier molecular flexibility index (Phi) is 2.17. The molecular weight excluding hydrogens is 312 g/mol. The zero-order chi connectivity index (χ0) is 12.7. The van der Waals surface area contributed by atoms with Gasteiger partial charge in [0.25, 0.3) is 0 Å². The normalized spacial score (nSPS) is 44.3. The number of benzene rings is 1. The van der Waals surface area contributed by atoms with Gasteiger partial charge in [0.15, 0.2) is 9.84 Å². The Labute approximate surface area is 116 Å². The van der Waals surface area contributed by atoms with Crippen molar-refractivity contribution in [1.82, 2.24) is 0 Å². The van der Waals surface area contributed by atoms with E-state index in [1.807, 2.05) is 19.1 Å². The van der Waals surface area contributed by atoms with Gasteiger partial charge in [0, 0.05) is 4.83 Å². The summed E-state index contributed by atoms with van der Waals surface area (Å²) in [5, 5.41) is -0.125. The van der Waals surface area contributed by atoms with Crippen LogP contribution in [0.3, 0.4) is 0 Å². The first kappa shape index (κ1) is 11.5. The molecular formula is C14H15BrO2S. The third-order valence-electron chi connectivity index (χ3n) is 5.12. The molecule has 0 heterocycles. The van der Waals surface area contributed by atoms with Crippen molar-refractivity contribution in [1.29, 1.82) is 0 Å². The summed E-state index contributed by atoms with van der Waals surface area (Å²) in [5.74, 6) is 2.10. The van der Waals surface area contributed by atoms with Crippen LogP contribution in [0.2, 0.25) is 0 Å². The number of alkyl halides is 1. The average Bonchev–Trinajstić information content (AvgIpc) is 2.65. The Balaban J connectivity index is 1.75. The number of sulfone groups is 1. The fraction of sp³-hybridized carbons (Fsp3) is 0.571. The maximum atomic E-state index is 12.7. The summed E-state index contributed by atoms with van der Waals surface area (Å²) >= 11 is 3.70. The molecule has 4 bridgehead atoms. The van der Waals surface area contributed by atoms with E-state index in [0.717, 1.165) is 12.0 Å². The van der Waals surface area contributed by atoms with E-state index >= 15 is 0 Å². The van der Waals surface area contributed by atoms with Crippen molar-refractivity contribution in [2.45, 2.75) is 28.3 Å². The minimum Gasteiger partial charge on any atom is -0.223 e. The highest BCUT2D eigenvalue weighted by atomic mass is 79.9. The van der Waals surface area contributed by atoms with E-state index in [9.17, 15) is 8.42 Å². The zero-order valence-electron chi connectivity index (χ0n) is 10.1. The van der Waals surface area contributed by atoms with Gasteiger partial charge in [-0.15, -0.1) is 0 Å². The molecule has 0 N–H and O–H groups in total. The van der Waals surface area contributed by atoms with E-state index in [1.54, 1.807) is 12.1 Å². The maximum absolute atomic E-state index is 12.7. The highest BCUT2D eigenvalue weighted by Crippen LogP contribution is 2.74. The molecule has 0 amide bonds. The first-order valence-corrected chi connectivity index (χ1v) is 8.92. The number of hydrogen-bond donors (Lipinski definition) is 0. The van der Waals surface area contributed by atoms with Gasteiger partial charge in [0.05, 0.1) is 10.1 Å². The molecule has 6 atom stereocenters. The van der Waals surface area contributed by atoms with Gasteiger partial charge >= 0.3 is 0 Å². The predicted molar refractivity (Wildman–Crippen MR) is 73.4 cm³/mol. The standard InChI is InChI=1S/C14H15BrO2S/c1-7-2-4-8(5-3-7)18(16,17)14-10-6-9-11(12(9)14)13(10)15/h2-5,9-14H,6H2,1H3/t9-,10+,11?,12?,13-,14+/m0/s1. The van der Waals surface area contributed by atoms with Crippen molar-refractivity contribution in [2.75, 3.05) is 0 Å². The molecule has 0 aromatic heterocycles. The SMILES string of the molecule is Cc1ccc(S(=O)(=O)[C@H]2C3C4[C@@H]3C[C@@H]2[C@@H]4Br)cc1. The molecule has 96 valence electrons. The molecule has 0 saturated heterocycles. The Hall–Kier alpha value is -0.350. The van der Waals surface area contributed by atoms with Crippen LogP contribution in [-0.2, 0) is 9.84 Å². The lowest BCUT2D eigenvalue weighted by Gasteiger charge is -2.17. The fourth-order valence-electron chi connectivity index (χ4n) is 4.31. The minimum absolute atomic E-state index is 0.125. The van der Waals surface area contributed by atoms with Crippen molar-refractivity contribution >= 4 is 25.8 Å². The number of aryl methyl sites for hydroxylation is 1. The van der Waals surface area contributed by atoms with Crippen LogP contribution < -0.4 is 0 Å². The number of hydrogen-bond acceptors (Lipinski definition) is 2.